The molecule has 1 saturated heterocycles. The first-order valence-corrected chi connectivity index (χ1v) is 18.3. The van der Waals surface area contributed by atoms with Crippen molar-refractivity contribution in [1.29, 1.82) is 0 Å². The van der Waals surface area contributed by atoms with Crippen molar-refractivity contribution < 1.29 is 33.3 Å². The number of halogens is 1. The number of benzene rings is 1. The van der Waals surface area contributed by atoms with E-state index in [1.165, 1.54) is 0 Å². The molecule has 0 unspecified atom stereocenters. The van der Waals surface area contributed by atoms with E-state index in [0.29, 0.717) is 29.1 Å². The minimum Gasteiger partial charge on any atom is -0.497 e. The highest BCUT2D eigenvalue weighted by Crippen LogP contribution is 2.41. The molecule has 1 aromatic heterocycles. The Labute approximate surface area is 295 Å². The van der Waals surface area contributed by atoms with E-state index in [2.05, 4.69) is 16.5 Å². The van der Waals surface area contributed by atoms with Gasteiger partial charge in [-0.15, -0.1) is 6.58 Å². The van der Waals surface area contributed by atoms with Gasteiger partial charge in [-0.05, 0) is 89.7 Å². The van der Waals surface area contributed by atoms with Gasteiger partial charge in [-0.2, -0.15) is 0 Å². The summed E-state index contributed by atoms with van der Waals surface area (Å²) in [5.74, 6) is -0.982. The van der Waals surface area contributed by atoms with E-state index in [0.717, 1.165) is 57.8 Å². The van der Waals surface area contributed by atoms with E-state index in [4.69, 9.17) is 30.5 Å². The SMILES string of the molecule is C=CCCC[C@@H]1C[C@H]1OC(=O)C[C@H](C(=O)N1C[C@H](Oc2nc3cc(OC)ccc3nc2Cl)[C@@H](CC)[C@H]1C(=O)OC(C)(C)C)C1CCCCC1. The Hall–Kier alpha value is -3.40. The van der Waals surface area contributed by atoms with Crippen LogP contribution in [0.1, 0.15) is 98.3 Å². The second-order valence-electron chi connectivity index (χ2n) is 14.8. The van der Waals surface area contributed by atoms with Crippen LogP contribution in [0.4, 0.5) is 0 Å². The molecule has 1 aliphatic heterocycles. The summed E-state index contributed by atoms with van der Waals surface area (Å²) >= 11 is 6.57. The highest BCUT2D eigenvalue weighted by atomic mass is 35.5. The molecule has 1 amide bonds. The standard InChI is InChI=1S/C38H52ClN3O7/c1-7-9-11-16-24-19-30(24)47-32(43)21-27(23-14-12-10-13-15-23)36(44)42-22-31(26(8-2)33(42)37(45)49-38(3,4)5)48-35-34(39)40-28-18-17-25(46-6)20-29(28)41-35/h7,17-18,20,23-24,26-27,30-31,33H,1,8-16,19,21-22H2,2-6H3/t24-,26-,27+,30-,31+,33+/m1/s1. The molecule has 11 heteroatoms. The first kappa shape index (κ1) is 36.9. The summed E-state index contributed by atoms with van der Waals surface area (Å²) < 4.78 is 23.6. The second kappa shape index (κ2) is 16.1. The zero-order valence-corrected chi connectivity index (χ0v) is 30.4. The third-order valence-corrected chi connectivity index (χ3v) is 10.4. The van der Waals surface area contributed by atoms with E-state index in [1.54, 1.807) is 30.2 Å². The Morgan fingerprint density at radius 3 is 2.53 bits per heavy atom. The number of carbonyl (C=O) groups excluding carboxylic acids is 3. The molecular formula is C38H52ClN3O7. The third-order valence-electron chi connectivity index (χ3n) is 10.1. The Bertz CT molecular complexity index is 1500. The molecule has 1 aromatic carbocycles. The number of aromatic nitrogens is 2. The highest BCUT2D eigenvalue weighted by Gasteiger charge is 2.52. The molecule has 5 rings (SSSR count). The number of ether oxygens (including phenoxy) is 4. The highest BCUT2D eigenvalue weighted by molar-refractivity contribution is 6.31. The summed E-state index contributed by atoms with van der Waals surface area (Å²) in [5, 5.41) is 0.0804. The number of esters is 2. The Kier molecular flexibility index (Phi) is 12.1. The fourth-order valence-electron chi connectivity index (χ4n) is 7.52. The molecule has 2 aromatic rings. The fourth-order valence-corrected chi connectivity index (χ4v) is 7.69. The smallest absolute Gasteiger partial charge is 0.329 e. The van der Waals surface area contributed by atoms with Gasteiger partial charge in [0.2, 0.25) is 5.91 Å². The van der Waals surface area contributed by atoms with Crippen molar-refractivity contribution in [2.75, 3.05) is 13.7 Å². The van der Waals surface area contributed by atoms with Crippen LogP contribution in [0.25, 0.3) is 11.0 Å². The minimum absolute atomic E-state index is 0.0109. The summed E-state index contributed by atoms with van der Waals surface area (Å²) in [7, 11) is 1.57. The Morgan fingerprint density at radius 1 is 1.10 bits per heavy atom. The van der Waals surface area contributed by atoms with Gasteiger partial charge in [-0.3, -0.25) is 9.59 Å². The Morgan fingerprint density at radius 2 is 1.86 bits per heavy atom. The van der Waals surface area contributed by atoms with Gasteiger partial charge in [0.05, 0.1) is 37.0 Å². The van der Waals surface area contributed by atoms with Crippen molar-refractivity contribution in [3.8, 4) is 11.6 Å². The lowest BCUT2D eigenvalue weighted by Gasteiger charge is -2.35. The normalized spacial score (nSPS) is 24.7. The van der Waals surface area contributed by atoms with E-state index in [1.807, 2.05) is 33.8 Å². The first-order chi connectivity index (χ1) is 23.4. The number of methoxy groups -OCH3 is 1. The van der Waals surface area contributed by atoms with Gasteiger partial charge in [0.15, 0.2) is 5.15 Å². The summed E-state index contributed by atoms with van der Waals surface area (Å²) in [6.07, 6.45) is 10.4. The molecule has 268 valence electrons. The van der Waals surface area contributed by atoms with E-state index >= 15 is 0 Å². The number of hydrogen-bond donors (Lipinski definition) is 0. The number of rotatable bonds is 14. The summed E-state index contributed by atoms with van der Waals surface area (Å²) in [6.45, 7) is 11.3. The van der Waals surface area contributed by atoms with Crippen LogP contribution in [0.5, 0.6) is 11.6 Å². The zero-order chi connectivity index (χ0) is 35.3. The lowest BCUT2D eigenvalue weighted by atomic mass is 9.77. The van der Waals surface area contributed by atoms with Gasteiger partial charge in [0.1, 0.15) is 29.6 Å². The molecule has 2 aliphatic carbocycles. The number of hydrogen-bond acceptors (Lipinski definition) is 9. The van der Waals surface area contributed by atoms with Crippen molar-refractivity contribution in [3.05, 3.63) is 36.0 Å². The molecule has 0 radical (unpaired) electrons. The maximum atomic E-state index is 14.8. The van der Waals surface area contributed by atoms with Gasteiger partial charge >= 0.3 is 11.9 Å². The van der Waals surface area contributed by atoms with E-state index in [9.17, 15) is 14.4 Å². The minimum atomic E-state index is -0.909. The number of likely N-dealkylation sites (tertiary alicyclic amines) is 1. The summed E-state index contributed by atoms with van der Waals surface area (Å²) in [4.78, 5) is 52.8. The topological polar surface area (TPSA) is 117 Å². The van der Waals surface area contributed by atoms with Gasteiger partial charge < -0.3 is 23.8 Å². The van der Waals surface area contributed by atoms with Gasteiger partial charge in [-0.1, -0.05) is 43.9 Å². The van der Waals surface area contributed by atoms with Crippen LogP contribution in [0, 0.1) is 23.7 Å². The number of fused-ring (bicyclic) bond motifs is 1. The van der Waals surface area contributed by atoms with Crippen LogP contribution in [0.2, 0.25) is 5.15 Å². The molecule has 49 heavy (non-hydrogen) atoms. The van der Waals surface area contributed by atoms with Crippen LogP contribution in [0.15, 0.2) is 30.9 Å². The molecule has 2 heterocycles. The van der Waals surface area contributed by atoms with Crippen LogP contribution >= 0.6 is 11.6 Å². The number of nitrogens with zero attached hydrogens (tertiary/aromatic N) is 3. The number of carbonyl (C=O) groups is 3. The predicted octanol–water partition coefficient (Wildman–Crippen LogP) is 7.49. The zero-order valence-electron chi connectivity index (χ0n) is 29.6. The average Bonchev–Trinajstić information content (AvgIpc) is 3.69. The first-order valence-electron chi connectivity index (χ1n) is 17.9. The molecule has 2 saturated carbocycles. The largest absolute Gasteiger partial charge is 0.497 e. The fraction of sp³-hybridized carbons (Fsp3) is 0.658. The Balaban J connectivity index is 1.41. The quantitative estimate of drug-likeness (QED) is 0.112. The van der Waals surface area contributed by atoms with Crippen molar-refractivity contribution in [1.82, 2.24) is 14.9 Å². The van der Waals surface area contributed by atoms with Crippen LogP contribution in [0.3, 0.4) is 0 Å². The molecule has 10 nitrogen and oxygen atoms in total. The van der Waals surface area contributed by atoms with Gasteiger partial charge in [-0.25, -0.2) is 14.8 Å². The molecule has 6 atom stereocenters. The molecule has 3 fully saturated rings. The van der Waals surface area contributed by atoms with E-state index in [-0.39, 0.29) is 47.9 Å². The molecule has 0 spiro atoms. The predicted molar refractivity (Wildman–Crippen MR) is 187 cm³/mol. The molecule has 3 aliphatic rings. The van der Waals surface area contributed by atoms with Crippen molar-refractivity contribution in [2.45, 2.75) is 122 Å². The van der Waals surface area contributed by atoms with Gasteiger partial charge in [0, 0.05) is 12.0 Å². The second-order valence-corrected chi connectivity index (χ2v) is 15.2. The van der Waals surface area contributed by atoms with Gasteiger partial charge in [0.25, 0.3) is 5.88 Å². The summed E-state index contributed by atoms with van der Waals surface area (Å²) in [5.41, 5.74) is 0.348. The van der Waals surface area contributed by atoms with E-state index < -0.39 is 35.6 Å². The third kappa shape index (κ3) is 9.24. The molecule has 0 bridgehead atoms. The monoisotopic (exact) mass is 697 g/mol. The van der Waals surface area contributed by atoms with Crippen molar-refractivity contribution in [2.24, 2.45) is 23.7 Å². The number of amides is 1. The van der Waals surface area contributed by atoms with Crippen LogP contribution in [-0.2, 0) is 23.9 Å². The van der Waals surface area contributed by atoms with Crippen molar-refractivity contribution in [3.63, 3.8) is 0 Å². The lowest BCUT2D eigenvalue weighted by molar-refractivity contribution is -0.166. The van der Waals surface area contributed by atoms with Crippen LogP contribution < -0.4 is 9.47 Å². The number of unbranched alkanes of at least 4 members (excludes halogenated alkanes) is 1. The summed E-state index contributed by atoms with van der Waals surface area (Å²) in [6, 6.07) is 4.38. The molecular weight excluding hydrogens is 646 g/mol. The number of allylic oxidation sites excluding steroid dienone is 1. The molecule has 0 N–H and O–H groups in total. The van der Waals surface area contributed by atoms with Crippen LogP contribution in [-0.4, -0.2) is 70.2 Å². The lowest BCUT2D eigenvalue weighted by Crippen LogP contribution is -2.49. The average molecular weight is 698 g/mol. The van der Waals surface area contributed by atoms with Crippen molar-refractivity contribution >= 4 is 40.5 Å². The maximum Gasteiger partial charge on any atom is 0.329 e. The maximum absolute atomic E-state index is 14.8.